The van der Waals surface area contributed by atoms with E-state index < -0.39 is 28.3 Å². The molecule has 9 aromatic carbocycles. The van der Waals surface area contributed by atoms with Gasteiger partial charge >= 0.3 is 518 Å². The first kappa shape index (κ1) is 60.7. The molecule has 8 heteroatoms. The summed E-state index contributed by atoms with van der Waals surface area (Å²) in [7, 11) is -5.37. The Labute approximate surface area is 515 Å². The molecule has 0 heterocycles. The summed E-state index contributed by atoms with van der Waals surface area (Å²) in [4.78, 5) is 0. The molecule has 446 valence electrons. The third-order valence-electron chi connectivity index (χ3n) is 20.5. The summed E-state index contributed by atoms with van der Waals surface area (Å²) in [5.74, 6) is 0. The zero-order valence-electron chi connectivity index (χ0n) is 50.5. The average molecular weight is 1220 g/mol. The Kier molecular flexibility index (Phi) is 18.8. The molecule has 0 N–H and O–H groups in total. The van der Waals surface area contributed by atoms with E-state index in [0.717, 1.165) is 163 Å². The molecule has 4 nitrogen and oxygen atoms in total. The van der Waals surface area contributed by atoms with E-state index in [0.29, 0.717) is 0 Å². The van der Waals surface area contributed by atoms with Gasteiger partial charge in [0.15, 0.2) is 0 Å². The van der Waals surface area contributed by atoms with Gasteiger partial charge in [0.1, 0.15) is 0 Å². The second-order valence-corrected chi connectivity index (χ2v) is 41.3. The maximum atomic E-state index is 20.9. The van der Waals surface area contributed by atoms with Gasteiger partial charge in [0, 0.05) is 0 Å². The second kappa shape index (κ2) is 26.6. The van der Waals surface area contributed by atoms with Crippen molar-refractivity contribution in [3.63, 3.8) is 0 Å². The van der Waals surface area contributed by atoms with Crippen molar-refractivity contribution in [1.82, 2.24) is 0 Å². The first-order valence-corrected chi connectivity index (χ1v) is 40.8. The summed E-state index contributed by atoms with van der Waals surface area (Å²) in [5, 5.41) is 9.41. The van der Waals surface area contributed by atoms with Crippen LogP contribution in [0.15, 0.2) is 273 Å². The molecule has 3 fully saturated rings. The van der Waals surface area contributed by atoms with E-state index in [1.165, 1.54) is 19.3 Å². The van der Waals surface area contributed by atoms with Gasteiger partial charge in [0.25, 0.3) is 0 Å². The van der Waals surface area contributed by atoms with Crippen LogP contribution in [0.3, 0.4) is 0 Å². The Balaban J connectivity index is 1.35. The minimum atomic E-state index is -5.37. The Morgan fingerprint density at radius 2 is 0.337 bits per heavy atom. The van der Waals surface area contributed by atoms with E-state index in [9.17, 15) is 12.9 Å². The molecule has 3 saturated carbocycles. The van der Waals surface area contributed by atoms with Gasteiger partial charge < -0.3 is 0 Å². The molecule has 3 aliphatic rings. The molecule has 0 unspecified atom stereocenters. The number of hydrogen-bond donors (Lipinski definition) is 0. The van der Waals surface area contributed by atoms with Gasteiger partial charge in [-0.2, -0.15) is 0 Å². The van der Waals surface area contributed by atoms with Crippen molar-refractivity contribution >= 4 is 76.1 Å². The van der Waals surface area contributed by atoms with E-state index in [2.05, 4.69) is 273 Å². The SMILES string of the molecule is O=P(OP(c1ccccc1)(c1ccccc1)(c1ccccc1)C1CCCCCCC1)(OP(c1ccccc1)(c1ccccc1)(c1ccccc1)C1CCCCCCC1)OP(c1ccccc1)(c1ccccc1)(c1ccccc1)C1CCCCCCC1. The van der Waals surface area contributed by atoms with Gasteiger partial charge in [0.2, 0.25) is 0 Å². The van der Waals surface area contributed by atoms with Crippen molar-refractivity contribution < 1.29 is 17.5 Å². The summed E-state index contributed by atoms with van der Waals surface area (Å²) >= 11 is 0. The van der Waals surface area contributed by atoms with Crippen LogP contribution < -0.4 is 47.7 Å². The Morgan fingerprint density at radius 1 is 0.209 bits per heavy atom. The van der Waals surface area contributed by atoms with Crippen molar-refractivity contribution in [2.75, 3.05) is 0 Å². The molecule has 0 radical (unpaired) electrons. The van der Waals surface area contributed by atoms with E-state index in [1.807, 2.05) is 0 Å². The Morgan fingerprint density at radius 3 is 0.477 bits per heavy atom. The van der Waals surface area contributed by atoms with Gasteiger partial charge in [0.05, 0.1) is 0 Å². The number of benzene rings is 9. The van der Waals surface area contributed by atoms with Crippen LogP contribution in [0.2, 0.25) is 0 Å². The van der Waals surface area contributed by atoms with Gasteiger partial charge in [-0.15, -0.1) is 0 Å². The molecular weight excluding hydrogens is 1120 g/mol. The predicted octanol–water partition coefficient (Wildman–Crippen LogP) is 18.8. The van der Waals surface area contributed by atoms with Gasteiger partial charge in [-0.1, -0.05) is 0 Å². The van der Waals surface area contributed by atoms with Crippen LogP contribution in [-0.4, -0.2) is 17.0 Å². The van der Waals surface area contributed by atoms with Crippen molar-refractivity contribution in [2.45, 2.75) is 152 Å². The Hall–Kier alpha value is -5.62. The second-order valence-electron chi connectivity index (χ2n) is 25.0. The molecule has 3 aliphatic carbocycles. The molecule has 0 aromatic heterocycles. The third-order valence-corrected chi connectivity index (χ3v) is 44.7. The summed E-state index contributed by atoms with van der Waals surface area (Å²) in [6.45, 7) is -14.5. The average Bonchev–Trinajstić information content (AvgIpc) is 0.718. The van der Waals surface area contributed by atoms with Crippen molar-refractivity contribution in [3.8, 4) is 0 Å². The van der Waals surface area contributed by atoms with Gasteiger partial charge in [-0.25, -0.2) is 0 Å². The molecule has 0 aliphatic heterocycles. The number of phosphoric acid groups is 1. The van der Waals surface area contributed by atoms with Crippen LogP contribution in [-0.2, 0) is 17.5 Å². The summed E-state index contributed by atoms with van der Waals surface area (Å²) in [5.41, 5.74) is -0.363. The first-order valence-electron chi connectivity index (χ1n) is 32.7. The zero-order chi connectivity index (χ0) is 58.6. The normalized spacial score (nSPS) is 18.9. The molecule has 86 heavy (non-hydrogen) atoms. The summed E-state index contributed by atoms with van der Waals surface area (Å²) in [6.07, 6.45) is 21.7. The molecule has 0 bridgehead atoms. The summed E-state index contributed by atoms with van der Waals surface area (Å²) in [6, 6.07) is 101. The fraction of sp³-hybridized carbons (Fsp3) is 0.308. The van der Waals surface area contributed by atoms with Crippen LogP contribution in [0.4, 0.5) is 0 Å². The monoisotopic (exact) mass is 1210 g/mol. The van der Waals surface area contributed by atoms with E-state index >= 15 is 4.57 Å². The topological polar surface area (TPSA) is 44.8 Å². The molecule has 0 amide bonds. The van der Waals surface area contributed by atoms with Gasteiger partial charge in [-0.05, 0) is 0 Å². The zero-order valence-corrected chi connectivity index (χ0v) is 54.1. The van der Waals surface area contributed by atoms with Crippen molar-refractivity contribution in [1.29, 1.82) is 0 Å². The van der Waals surface area contributed by atoms with Crippen molar-refractivity contribution in [2.24, 2.45) is 0 Å². The number of rotatable bonds is 18. The quantitative estimate of drug-likeness (QED) is 0.0803. The van der Waals surface area contributed by atoms with Crippen molar-refractivity contribution in [3.05, 3.63) is 273 Å². The van der Waals surface area contributed by atoms with Crippen LogP contribution in [0, 0.1) is 0 Å². The predicted molar refractivity (Wildman–Crippen MR) is 375 cm³/mol. The maximum absolute atomic E-state index is 20.9. The molecule has 0 spiro atoms. The van der Waals surface area contributed by atoms with Crippen LogP contribution in [0.25, 0.3) is 0 Å². The third kappa shape index (κ3) is 10.3. The molecular formula is C78H90O4P4. The molecule has 0 atom stereocenters. The van der Waals surface area contributed by atoms with Gasteiger partial charge in [-0.3, -0.25) is 0 Å². The Bertz CT molecular complexity index is 2900. The standard InChI is InChI=1S/C78H90O4P4/c79-83(80-84(70-49-25-10-26-50-70,71-51-27-11-28-52-71,72-53-29-12-30-54-72)67-43-19-4-1-5-20-44-67,81-85(73-55-31-13-32-56-73,74-57-33-14-34-58-74,75-59-35-15-36-60-75)68-45-21-6-2-7-22-46-68)82-86(76-61-37-16-38-62-76,77-63-39-17-40-64-77,78-65-41-18-42-66-78)69-47-23-8-3-9-24-48-69/h10-18,25-42,49-69H,1-9,19-24,43-48H2. The fourth-order valence-corrected chi connectivity index (χ4v) is 45.4. The van der Waals surface area contributed by atoms with Crippen LogP contribution in [0.1, 0.15) is 135 Å². The molecule has 12 rings (SSSR count). The van der Waals surface area contributed by atoms with E-state index in [4.69, 9.17) is 0 Å². The van der Waals surface area contributed by atoms with Crippen LogP contribution >= 0.6 is 28.3 Å². The first-order chi connectivity index (χ1) is 42.4. The minimum absolute atomic E-state index is 0.121. The molecule has 9 aromatic rings. The van der Waals surface area contributed by atoms with E-state index in [1.54, 1.807) is 0 Å². The fourth-order valence-electron chi connectivity index (χ4n) is 16.8. The van der Waals surface area contributed by atoms with Crippen LogP contribution in [0.5, 0.6) is 0 Å². The molecule has 0 saturated heterocycles. The number of hydrogen-bond acceptors (Lipinski definition) is 4. The summed E-state index contributed by atoms with van der Waals surface area (Å²) < 4.78 is 49.4. The van der Waals surface area contributed by atoms with E-state index in [-0.39, 0.29) is 17.0 Å².